The Hall–Kier alpha value is -1.13. The van der Waals surface area contributed by atoms with E-state index in [9.17, 15) is 0 Å². The summed E-state index contributed by atoms with van der Waals surface area (Å²) in [6.45, 7) is 9.66. The van der Waals surface area contributed by atoms with Crippen molar-refractivity contribution in [3.63, 3.8) is 0 Å². The largest absolute Gasteiger partial charge is 0.369 e. The van der Waals surface area contributed by atoms with Crippen LogP contribution in [0, 0.1) is 0 Å². The van der Waals surface area contributed by atoms with Crippen LogP contribution < -0.4 is 10.2 Å². The molecule has 2 rings (SSSR count). The van der Waals surface area contributed by atoms with Gasteiger partial charge in [-0.25, -0.2) is 0 Å². The van der Waals surface area contributed by atoms with Gasteiger partial charge in [-0.05, 0) is 19.2 Å². The molecule has 1 fully saturated rings. The van der Waals surface area contributed by atoms with Crippen molar-refractivity contribution in [1.82, 2.24) is 15.2 Å². The number of anilines is 1. The van der Waals surface area contributed by atoms with E-state index in [1.807, 2.05) is 6.20 Å². The highest BCUT2D eigenvalue weighted by molar-refractivity contribution is 5.47. The first-order chi connectivity index (χ1) is 8.65. The highest BCUT2D eigenvalue weighted by Gasteiger charge is 2.14. The lowest BCUT2D eigenvalue weighted by molar-refractivity contribution is 0.313. The summed E-state index contributed by atoms with van der Waals surface area (Å²) in [5, 5.41) is 3.41. The summed E-state index contributed by atoms with van der Waals surface area (Å²) >= 11 is 0. The zero-order valence-electron chi connectivity index (χ0n) is 11.7. The second-order valence-corrected chi connectivity index (χ2v) is 5.33. The standard InChI is InChI=1S/C14H24N4/c1-12(2)16-11-13-10-14(4-5-15-13)18-8-6-17(3)7-9-18/h4-5,10,12,16H,6-9,11H2,1-3H3. The third-order valence-electron chi connectivity index (χ3n) is 3.36. The van der Waals surface area contributed by atoms with Gasteiger partial charge in [-0.15, -0.1) is 0 Å². The number of hydrogen-bond donors (Lipinski definition) is 1. The van der Waals surface area contributed by atoms with Gasteiger partial charge in [-0.2, -0.15) is 0 Å². The van der Waals surface area contributed by atoms with E-state index in [2.05, 4.69) is 53.1 Å². The van der Waals surface area contributed by atoms with Gasteiger partial charge in [0.05, 0.1) is 5.69 Å². The van der Waals surface area contributed by atoms with Crippen molar-refractivity contribution < 1.29 is 0 Å². The average Bonchev–Trinajstić information content (AvgIpc) is 2.37. The van der Waals surface area contributed by atoms with Crippen molar-refractivity contribution in [3.05, 3.63) is 24.0 Å². The zero-order valence-corrected chi connectivity index (χ0v) is 11.7. The quantitative estimate of drug-likeness (QED) is 0.871. The maximum atomic E-state index is 4.42. The fourth-order valence-corrected chi connectivity index (χ4v) is 2.13. The highest BCUT2D eigenvalue weighted by atomic mass is 15.2. The number of rotatable bonds is 4. The summed E-state index contributed by atoms with van der Waals surface area (Å²) in [7, 11) is 2.18. The Kier molecular flexibility index (Phi) is 4.55. The van der Waals surface area contributed by atoms with Crippen LogP contribution in [0.5, 0.6) is 0 Å². The molecule has 1 N–H and O–H groups in total. The van der Waals surface area contributed by atoms with Crippen molar-refractivity contribution in [2.45, 2.75) is 26.4 Å². The topological polar surface area (TPSA) is 31.4 Å². The molecule has 18 heavy (non-hydrogen) atoms. The molecule has 4 nitrogen and oxygen atoms in total. The van der Waals surface area contributed by atoms with Crippen molar-refractivity contribution in [3.8, 4) is 0 Å². The molecule has 0 saturated carbocycles. The van der Waals surface area contributed by atoms with Crippen LogP contribution >= 0.6 is 0 Å². The SMILES string of the molecule is CC(C)NCc1cc(N2CCN(C)CC2)ccn1. The fraction of sp³-hybridized carbons (Fsp3) is 0.643. The first kappa shape index (κ1) is 13.3. The lowest BCUT2D eigenvalue weighted by Gasteiger charge is -2.34. The molecule has 0 spiro atoms. The number of likely N-dealkylation sites (N-methyl/N-ethyl adjacent to an activating group) is 1. The molecule has 0 radical (unpaired) electrons. The predicted octanol–water partition coefficient (Wildman–Crippen LogP) is 1.33. The second kappa shape index (κ2) is 6.16. The lowest BCUT2D eigenvalue weighted by Crippen LogP contribution is -2.44. The van der Waals surface area contributed by atoms with E-state index in [0.29, 0.717) is 6.04 Å². The van der Waals surface area contributed by atoms with Gasteiger partial charge >= 0.3 is 0 Å². The maximum Gasteiger partial charge on any atom is 0.0562 e. The third kappa shape index (κ3) is 3.68. The van der Waals surface area contributed by atoms with Crippen molar-refractivity contribution in [2.75, 3.05) is 38.1 Å². The number of nitrogens with one attached hydrogen (secondary N) is 1. The van der Waals surface area contributed by atoms with Gasteiger partial charge in [0.15, 0.2) is 0 Å². The number of aromatic nitrogens is 1. The van der Waals surface area contributed by atoms with E-state index in [0.717, 1.165) is 38.4 Å². The highest BCUT2D eigenvalue weighted by Crippen LogP contribution is 2.16. The Morgan fingerprint density at radius 3 is 2.67 bits per heavy atom. The molecule has 0 aromatic carbocycles. The smallest absolute Gasteiger partial charge is 0.0562 e. The minimum Gasteiger partial charge on any atom is -0.369 e. The molecule has 1 aliphatic heterocycles. The van der Waals surface area contributed by atoms with E-state index in [-0.39, 0.29) is 0 Å². The van der Waals surface area contributed by atoms with Crippen LogP contribution in [0.4, 0.5) is 5.69 Å². The van der Waals surface area contributed by atoms with Crippen molar-refractivity contribution >= 4 is 5.69 Å². The Balaban J connectivity index is 1.98. The van der Waals surface area contributed by atoms with Gasteiger partial charge in [0.1, 0.15) is 0 Å². The maximum absolute atomic E-state index is 4.42. The average molecular weight is 248 g/mol. The molecule has 0 amide bonds. The third-order valence-corrected chi connectivity index (χ3v) is 3.36. The number of hydrogen-bond acceptors (Lipinski definition) is 4. The van der Waals surface area contributed by atoms with Gasteiger partial charge in [-0.1, -0.05) is 13.8 Å². The van der Waals surface area contributed by atoms with E-state index in [1.54, 1.807) is 0 Å². The Labute approximate surface area is 110 Å². The van der Waals surface area contributed by atoms with Crippen LogP contribution in [-0.4, -0.2) is 49.2 Å². The van der Waals surface area contributed by atoms with E-state index < -0.39 is 0 Å². The van der Waals surface area contributed by atoms with Gasteiger partial charge in [0.25, 0.3) is 0 Å². The van der Waals surface area contributed by atoms with Gasteiger partial charge in [0.2, 0.25) is 0 Å². The van der Waals surface area contributed by atoms with E-state index >= 15 is 0 Å². The van der Waals surface area contributed by atoms with Gasteiger partial charge in [-0.3, -0.25) is 4.98 Å². The zero-order chi connectivity index (χ0) is 13.0. The monoisotopic (exact) mass is 248 g/mol. The first-order valence-corrected chi connectivity index (χ1v) is 6.77. The molecule has 100 valence electrons. The number of piperazine rings is 1. The molecule has 0 atom stereocenters. The summed E-state index contributed by atoms with van der Waals surface area (Å²) in [6.07, 6.45) is 1.92. The molecular weight excluding hydrogens is 224 g/mol. The molecule has 1 aliphatic rings. The summed E-state index contributed by atoms with van der Waals surface area (Å²) in [5.41, 5.74) is 2.43. The van der Waals surface area contributed by atoms with Crippen LogP contribution in [0.15, 0.2) is 18.3 Å². The lowest BCUT2D eigenvalue weighted by atomic mass is 10.2. The molecule has 1 aromatic heterocycles. The van der Waals surface area contributed by atoms with Crippen molar-refractivity contribution in [2.24, 2.45) is 0 Å². The molecule has 2 heterocycles. The van der Waals surface area contributed by atoms with Crippen molar-refractivity contribution in [1.29, 1.82) is 0 Å². The van der Waals surface area contributed by atoms with E-state index in [4.69, 9.17) is 0 Å². The Morgan fingerprint density at radius 1 is 1.28 bits per heavy atom. The normalized spacial score (nSPS) is 17.4. The van der Waals surface area contributed by atoms with Gasteiger partial charge < -0.3 is 15.1 Å². The molecule has 0 unspecified atom stereocenters. The molecule has 4 heteroatoms. The molecule has 1 aromatic rings. The Bertz CT molecular complexity index is 370. The molecule has 0 bridgehead atoms. The molecular formula is C14H24N4. The number of pyridine rings is 1. The van der Waals surface area contributed by atoms with Gasteiger partial charge in [0, 0.05) is 50.6 Å². The van der Waals surface area contributed by atoms with Crippen LogP contribution in [0.25, 0.3) is 0 Å². The minimum atomic E-state index is 0.499. The van der Waals surface area contributed by atoms with Crippen LogP contribution in [-0.2, 0) is 6.54 Å². The van der Waals surface area contributed by atoms with Crippen LogP contribution in [0.3, 0.4) is 0 Å². The predicted molar refractivity (Wildman–Crippen MR) is 75.9 cm³/mol. The first-order valence-electron chi connectivity index (χ1n) is 6.77. The Morgan fingerprint density at radius 2 is 2.00 bits per heavy atom. The number of nitrogens with zero attached hydrogens (tertiary/aromatic N) is 3. The van der Waals surface area contributed by atoms with E-state index in [1.165, 1.54) is 5.69 Å². The van der Waals surface area contributed by atoms with Crippen LogP contribution in [0.2, 0.25) is 0 Å². The summed E-state index contributed by atoms with van der Waals surface area (Å²) in [6, 6.07) is 4.82. The summed E-state index contributed by atoms with van der Waals surface area (Å²) in [5.74, 6) is 0. The molecule has 1 saturated heterocycles. The summed E-state index contributed by atoms with van der Waals surface area (Å²) in [4.78, 5) is 9.24. The summed E-state index contributed by atoms with van der Waals surface area (Å²) < 4.78 is 0. The second-order valence-electron chi connectivity index (χ2n) is 5.33. The minimum absolute atomic E-state index is 0.499. The molecule has 0 aliphatic carbocycles. The van der Waals surface area contributed by atoms with Crippen LogP contribution in [0.1, 0.15) is 19.5 Å². The fourth-order valence-electron chi connectivity index (χ4n) is 2.13.